The Labute approximate surface area is 56.3 Å². The molecule has 1 rings (SSSR count). The Bertz CT molecular complexity index is 101. The number of hydrogen-bond acceptors (Lipinski definition) is 1. The SMILES string of the molecule is CC1(C)C[N]CCC1O. The monoisotopic (exact) mass is 128 g/mol. The van der Waals surface area contributed by atoms with Gasteiger partial charge in [0, 0.05) is 18.5 Å². The second-order valence-electron chi connectivity index (χ2n) is 3.40. The quantitative estimate of drug-likeness (QED) is 0.503. The van der Waals surface area contributed by atoms with E-state index >= 15 is 0 Å². The molecule has 9 heavy (non-hydrogen) atoms. The van der Waals surface area contributed by atoms with E-state index in [4.69, 9.17) is 0 Å². The molecule has 1 fully saturated rings. The standard InChI is InChI=1S/C7H14NO/c1-7(2)5-8-4-3-6(7)9/h6,9H,3-5H2,1-2H3. The van der Waals surface area contributed by atoms with Crippen LogP contribution >= 0.6 is 0 Å². The van der Waals surface area contributed by atoms with Gasteiger partial charge in [0.05, 0.1) is 6.10 Å². The number of hydrogen-bond donors (Lipinski definition) is 1. The number of aliphatic hydroxyl groups is 1. The molecule has 0 aromatic carbocycles. The van der Waals surface area contributed by atoms with Crippen molar-refractivity contribution in [3.05, 3.63) is 0 Å². The van der Waals surface area contributed by atoms with Crippen LogP contribution in [0.2, 0.25) is 0 Å². The van der Waals surface area contributed by atoms with Crippen molar-refractivity contribution in [1.29, 1.82) is 0 Å². The molecule has 1 atom stereocenters. The molecule has 53 valence electrons. The molecule has 1 unspecified atom stereocenters. The van der Waals surface area contributed by atoms with Gasteiger partial charge in [-0.05, 0) is 6.42 Å². The van der Waals surface area contributed by atoms with Gasteiger partial charge >= 0.3 is 0 Å². The van der Waals surface area contributed by atoms with Crippen LogP contribution in [-0.2, 0) is 0 Å². The Morgan fingerprint density at radius 2 is 2.22 bits per heavy atom. The van der Waals surface area contributed by atoms with Crippen molar-refractivity contribution in [1.82, 2.24) is 5.32 Å². The molecule has 0 aromatic rings. The maximum absolute atomic E-state index is 9.38. The van der Waals surface area contributed by atoms with E-state index in [-0.39, 0.29) is 11.5 Å². The fraction of sp³-hybridized carbons (Fsp3) is 1.00. The normalized spacial score (nSPS) is 34.3. The van der Waals surface area contributed by atoms with Crippen molar-refractivity contribution in [3.8, 4) is 0 Å². The van der Waals surface area contributed by atoms with Gasteiger partial charge in [-0.15, -0.1) is 0 Å². The molecular weight excluding hydrogens is 114 g/mol. The van der Waals surface area contributed by atoms with Gasteiger partial charge in [-0.3, -0.25) is 0 Å². The largest absolute Gasteiger partial charge is 0.392 e. The van der Waals surface area contributed by atoms with E-state index in [1.807, 2.05) is 0 Å². The third-order valence-corrected chi connectivity index (χ3v) is 1.98. The zero-order valence-corrected chi connectivity index (χ0v) is 6.09. The van der Waals surface area contributed by atoms with Gasteiger partial charge in [-0.1, -0.05) is 13.8 Å². The Hall–Kier alpha value is -0.0800. The first-order chi connectivity index (χ1) is 4.13. The summed E-state index contributed by atoms with van der Waals surface area (Å²) in [6.45, 7) is 5.76. The summed E-state index contributed by atoms with van der Waals surface area (Å²) in [6.07, 6.45) is 0.697. The average Bonchev–Trinajstić information content (AvgIpc) is 1.77. The van der Waals surface area contributed by atoms with Gasteiger partial charge in [0.25, 0.3) is 0 Å². The molecular formula is C7H14NO. The van der Waals surface area contributed by atoms with E-state index in [1.165, 1.54) is 0 Å². The van der Waals surface area contributed by atoms with Crippen LogP contribution in [0, 0.1) is 5.41 Å². The van der Waals surface area contributed by atoms with E-state index in [0.717, 1.165) is 19.5 Å². The summed E-state index contributed by atoms with van der Waals surface area (Å²) in [5.41, 5.74) is 0.0260. The van der Waals surface area contributed by atoms with Crippen LogP contribution in [0.3, 0.4) is 0 Å². The highest BCUT2D eigenvalue weighted by molar-refractivity contribution is 4.84. The minimum Gasteiger partial charge on any atom is -0.392 e. The third kappa shape index (κ3) is 1.43. The second kappa shape index (κ2) is 2.27. The van der Waals surface area contributed by atoms with E-state index in [1.54, 1.807) is 0 Å². The molecule has 2 nitrogen and oxygen atoms in total. The first kappa shape index (κ1) is 7.03. The van der Waals surface area contributed by atoms with Crippen molar-refractivity contribution >= 4 is 0 Å². The van der Waals surface area contributed by atoms with Crippen LogP contribution in [-0.4, -0.2) is 24.3 Å². The molecule has 1 heterocycles. The summed E-state index contributed by atoms with van der Waals surface area (Å²) in [7, 11) is 0. The Kier molecular flexibility index (Phi) is 1.78. The number of nitrogens with zero attached hydrogens (tertiary/aromatic N) is 1. The van der Waals surface area contributed by atoms with Crippen molar-refractivity contribution < 1.29 is 5.11 Å². The minimum atomic E-state index is -0.144. The minimum absolute atomic E-state index is 0.0260. The molecule has 1 aliphatic heterocycles. The fourth-order valence-corrected chi connectivity index (χ4v) is 1.08. The summed E-state index contributed by atoms with van der Waals surface area (Å²) in [6, 6.07) is 0. The van der Waals surface area contributed by atoms with E-state index in [9.17, 15) is 5.11 Å². The zero-order chi connectivity index (χ0) is 6.91. The highest BCUT2D eigenvalue weighted by Crippen LogP contribution is 2.24. The summed E-state index contributed by atoms with van der Waals surface area (Å²) in [5, 5.41) is 13.6. The first-order valence-corrected chi connectivity index (χ1v) is 3.44. The fourth-order valence-electron chi connectivity index (χ4n) is 1.08. The van der Waals surface area contributed by atoms with Crippen LogP contribution in [0.25, 0.3) is 0 Å². The molecule has 0 saturated carbocycles. The summed E-state index contributed by atoms with van der Waals surface area (Å²) < 4.78 is 0. The maximum Gasteiger partial charge on any atom is 0.0616 e. The highest BCUT2D eigenvalue weighted by Gasteiger charge is 2.30. The average molecular weight is 128 g/mol. The van der Waals surface area contributed by atoms with Crippen molar-refractivity contribution in [2.45, 2.75) is 26.4 Å². The van der Waals surface area contributed by atoms with Gasteiger partial charge in [0.15, 0.2) is 0 Å². The Morgan fingerprint density at radius 3 is 2.56 bits per heavy atom. The van der Waals surface area contributed by atoms with E-state index < -0.39 is 0 Å². The molecule has 0 amide bonds. The van der Waals surface area contributed by atoms with Gasteiger partial charge in [-0.2, -0.15) is 0 Å². The summed E-state index contributed by atoms with van der Waals surface area (Å²) in [4.78, 5) is 0. The van der Waals surface area contributed by atoms with Crippen molar-refractivity contribution in [2.24, 2.45) is 5.41 Å². The number of piperidine rings is 1. The topological polar surface area (TPSA) is 34.3 Å². The maximum atomic E-state index is 9.38. The van der Waals surface area contributed by atoms with Crippen LogP contribution in [0.4, 0.5) is 0 Å². The van der Waals surface area contributed by atoms with Crippen molar-refractivity contribution in [3.63, 3.8) is 0 Å². The van der Waals surface area contributed by atoms with Gasteiger partial charge in [0.1, 0.15) is 0 Å². The lowest BCUT2D eigenvalue weighted by molar-refractivity contribution is 0.0230. The molecule has 0 aliphatic carbocycles. The molecule has 1 N–H and O–H groups in total. The predicted molar refractivity (Wildman–Crippen MR) is 36.3 cm³/mol. The van der Waals surface area contributed by atoms with Crippen LogP contribution < -0.4 is 5.32 Å². The van der Waals surface area contributed by atoms with Gasteiger partial charge in [-0.25, -0.2) is 5.32 Å². The molecule has 1 saturated heterocycles. The van der Waals surface area contributed by atoms with E-state index in [0.29, 0.717) is 0 Å². The lowest BCUT2D eigenvalue weighted by atomic mass is 9.82. The van der Waals surface area contributed by atoms with Crippen LogP contribution in [0.15, 0.2) is 0 Å². The molecule has 2 heteroatoms. The summed E-state index contributed by atoms with van der Waals surface area (Å²) in [5.74, 6) is 0. The second-order valence-corrected chi connectivity index (χ2v) is 3.40. The van der Waals surface area contributed by atoms with Crippen LogP contribution in [0.5, 0.6) is 0 Å². The predicted octanol–water partition coefficient (Wildman–Crippen LogP) is 0.382. The first-order valence-electron chi connectivity index (χ1n) is 3.44. The van der Waals surface area contributed by atoms with Gasteiger partial charge in [0.2, 0.25) is 0 Å². The van der Waals surface area contributed by atoms with Crippen molar-refractivity contribution in [2.75, 3.05) is 13.1 Å². The Morgan fingerprint density at radius 1 is 1.56 bits per heavy atom. The van der Waals surface area contributed by atoms with E-state index in [2.05, 4.69) is 19.2 Å². The lowest BCUT2D eigenvalue weighted by Gasteiger charge is -2.34. The lowest BCUT2D eigenvalue weighted by Crippen LogP contribution is -2.42. The molecule has 0 aromatic heterocycles. The highest BCUT2D eigenvalue weighted by atomic mass is 16.3. The number of rotatable bonds is 0. The summed E-state index contributed by atoms with van der Waals surface area (Å²) >= 11 is 0. The molecule has 1 radical (unpaired) electrons. The third-order valence-electron chi connectivity index (χ3n) is 1.98. The number of aliphatic hydroxyl groups excluding tert-OH is 1. The molecule has 1 aliphatic rings. The molecule has 0 spiro atoms. The van der Waals surface area contributed by atoms with Crippen LogP contribution in [0.1, 0.15) is 20.3 Å². The smallest absolute Gasteiger partial charge is 0.0616 e. The molecule has 0 bridgehead atoms. The zero-order valence-electron chi connectivity index (χ0n) is 6.09. The van der Waals surface area contributed by atoms with Gasteiger partial charge < -0.3 is 5.11 Å². The Balaban J connectivity index is 2.49.